The number of likely N-dealkylation sites (N-methyl/N-ethyl adjacent to an activating group) is 2. The number of likely N-dealkylation sites (tertiary alicyclic amines) is 1. The lowest BCUT2D eigenvalue weighted by molar-refractivity contribution is 0.188. The summed E-state index contributed by atoms with van der Waals surface area (Å²) < 4.78 is 0. The molecule has 2 aliphatic rings. The average Bonchev–Trinajstić information content (AvgIpc) is 2.80. The number of nitrogens with one attached hydrogen (secondary N) is 1. The summed E-state index contributed by atoms with van der Waals surface area (Å²) in [7, 11) is 4.27. The maximum absolute atomic E-state index is 3.42. The van der Waals surface area contributed by atoms with Gasteiger partial charge in [0.25, 0.3) is 0 Å². The molecule has 0 bridgehead atoms. The minimum atomic E-state index is 0.675. The van der Waals surface area contributed by atoms with Crippen LogP contribution in [0.25, 0.3) is 0 Å². The van der Waals surface area contributed by atoms with Crippen LogP contribution in [-0.2, 0) is 13.0 Å². The zero-order valence-corrected chi connectivity index (χ0v) is 12.2. The molecular weight excluding hydrogens is 234 g/mol. The standard InChI is InChI=1S/C16H25N3/c1-17-15-4-3-8-19(12-15)11-13-5-6-16-14(10-13)7-9-18(16)2/h5-6,10,15,17H,3-4,7-9,11-12H2,1-2H3. The molecule has 1 aromatic rings. The molecule has 1 atom stereocenters. The summed E-state index contributed by atoms with van der Waals surface area (Å²) in [5, 5.41) is 3.42. The first-order valence-corrected chi connectivity index (χ1v) is 7.49. The third-order valence-electron chi connectivity index (χ3n) is 4.59. The van der Waals surface area contributed by atoms with Crippen LogP contribution in [0.3, 0.4) is 0 Å². The highest BCUT2D eigenvalue weighted by Crippen LogP contribution is 2.28. The Hall–Kier alpha value is -1.06. The van der Waals surface area contributed by atoms with Crippen LogP contribution >= 0.6 is 0 Å². The topological polar surface area (TPSA) is 18.5 Å². The van der Waals surface area contributed by atoms with Gasteiger partial charge >= 0.3 is 0 Å². The first kappa shape index (κ1) is 12.9. The van der Waals surface area contributed by atoms with E-state index >= 15 is 0 Å². The Labute approximate surface area is 116 Å². The summed E-state index contributed by atoms with van der Waals surface area (Å²) >= 11 is 0. The van der Waals surface area contributed by atoms with Crippen molar-refractivity contribution in [1.82, 2.24) is 10.2 Å². The van der Waals surface area contributed by atoms with Crippen LogP contribution in [0.15, 0.2) is 18.2 Å². The van der Waals surface area contributed by atoms with Gasteiger partial charge in [0.15, 0.2) is 0 Å². The molecule has 0 amide bonds. The van der Waals surface area contributed by atoms with Crippen molar-refractivity contribution < 1.29 is 0 Å². The van der Waals surface area contributed by atoms with E-state index in [9.17, 15) is 0 Å². The van der Waals surface area contributed by atoms with E-state index in [1.54, 1.807) is 0 Å². The highest BCUT2D eigenvalue weighted by atomic mass is 15.2. The van der Waals surface area contributed by atoms with Crippen molar-refractivity contribution in [2.45, 2.75) is 31.8 Å². The van der Waals surface area contributed by atoms with Gasteiger partial charge in [0.05, 0.1) is 0 Å². The lowest BCUT2D eigenvalue weighted by Crippen LogP contribution is -2.43. The fourth-order valence-electron chi connectivity index (χ4n) is 3.41. The van der Waals surface area contributed by atoms with Crippen molar-refractivity contribution in [3.05, 3.63) is 29.3 Å². The van der Waals surface area contributed by atoms with Gasteiger partial charge in [-0.2, -0.15) is 0 Å². The van der Waals surface area contributed by atoms with Gasteiger partial charge in [0.2, 0.25) is 0 Å². The Morgan fingerprint density at radius 3 is 3.05 bits per heavy atom. The van der Waals surface area contributed by atoms with E-state index < -0.39 is 0 Å². The molecule has 1 saturated heterocycles. The number of hydrogen-bond acceptors (Lipinski definition) is 3. The summed E-state index contributed by atoms with van der Waals surface area (Å²) in [5.74, 6) is 0. The Morgan fingerprint density at radius 2 is 2.21 bits per heavy atom. The number of benzene rings is 1. The van der Waals surface area contributed by atoms with Crippen LogP contribution in [0.2, 0.25) is 0 Å². The Morgan fingerprint density at radius 1 is 1.32 bits per heavy atom. The summed E-state index contributed by atoms with van der Waals surface area (Å²) in [6.07, 6.45) is 3.85. The van der Waals surface area contributed by atoms with Crippen molar-refractivity contribution in [2.24, 2.45) is 0 Å². The molecular formula is C16H25N3. The minimum absolute atomic E-state index is 0.675. The Balaban J connectivity index is 1.67. The minimum Gasteiger partial charge on any atom is -0.374 e. The molecule has 1 unspecified atom stereocenters. The summed E-state index contributed by atoms with van der Waals surface area (Å²) in [6.45, 7) is 4.71. The summed E-state index contributed by atoms with van der Waals surface area (Å²) in [6, 6.07) is 7.71. The lowest BCUT2D eigenvalue weighted by Gasteiger charge is -2.32. The van der Waals surface area contributed by atoms with Gasteiger partial charge in [0, 0.05) is 38.4 Å². The lowest BCUT2D eigenvalue weighted by atomic mass is 10.0. The largest absolute Gasteiger partial charge is 0.374 e. The van der Waals surface area contributed by atoms with Gasteiger partial charge in [-0.15, -0.1) is 0 Å². The second-order valence-electron chi connectivity index (χ2n) is 6.00. The molecule has 3 rings (SSSR count). The SMILES string of the molecule is CNC1CCCN(Cc2ccc3c(c2)CCN3C)C1. The normalized spacial score (nSPS) is 23.7. The quantitative estimate of drug-likeness (QED) is 0.894. The van der Waals surface area contributed by atoms with E-state index in [-0.39, 0.29) is 0 Å². The molecule has 2 heterocycles. The second-order valence-corrected chi connectivity index (χ2v) is 6.00. The molecule has 104 valence electrons. The van der Waals surface area contributed by atoms with Gasteiger partial charge < -0.3 is 10.2 Å². The van der Waals surface area contributed by atoms with E-state index in [2.05, 4.69) is 47.4 Å². The first-order chi connectivity index (χ1) is 9.26. The van der Waals surface area contributed by atoms with E-state index in [1.165, 1.54) is 55.7 Å². The number of piperidine rings is 1. The van der Waals surface area contributed by atoms with Crippen LogP contribution < -0.4 is 10.2 Å². The first-order valence-electron chi connectivity index (χ1n) is 7.49. The maximum atomic E-state index is 3.42. The molecule has 19 heavy (non-hydrogen) atoms. The van der Waals surface area contributed by atoms with Gasteiger partial charge in [-0.3, -0.25) is 4.90 Å². The van der Waals surface area contributed by atoms with Gasteiger partial charge in [0.1, 0.15) is 0 Å². The second kappa shape index (κ2) is 5.51. The van der Waals surface area contributed by atoms with E-state index in [0.29, 0.717) is 6.04 Å². The predicted molar refractivity (Wildman–Crippen MR) is 80.8 cm³/mol. The van der Waals surface area contributed by atoms with Crippen molar-refractivity contribution in [2.75, 3.05) is 38.6 Å². The zero-order chi connectivity index (χ0) is 13.2. The number of anilines is 1. The molecule has 1 N–H and O–H groups in total. The molecule has 1 aromatic carbocycles. The Kier molecular flexibility index (Phi) is 3.76. The maximum Gasteiger partial charge on any atom is 0.0397 e. The number of rotatable bonds is 3. The summed E-state index contributed by atoms with van der Waals surface area (Å²) in [4.78, 5) is 4.95. The Bertz CT molecular complexity index is 444. The zero-order valence-electron chi connectivity index (χ0n) is 12.2. The fourth-order valence-corrected chi connectivity index (χ4v) is 3.41. The predicted octanol–water partition coefficient (Wildman–Crippen LogP) is 1.86. The number of hydrogen-bond donors (Lipinski definition) is 1. The van der Waals surface area contributed by atoms with Crippen molar-refractivity contribution in [1.29, 1.82) is 0 Å². The van der Waals surface area contributed by atoms with Crippen molar-refractivity contribution in [3.63, 3.8) is 0 Å². The summed E-state index contributed by atoms with van der Waals surface area (Å²) in [5.41, 5.74) is 4.43. The monoisotopic (exact) mass is 259 g/mol. The van der Waals surface area contributed by atoms with Crippen molar-refractivity contribution >= 4 is 5.69 Å². The molecule has 0 spiro atoms. The molecule has 0 saturated carbocycles. The number of nitrogens with zero attached hydrogens (tertiary/aromatic N) is 2. The van der Waals surface area contributed by atoms with Gasteiger partial charge in [-0.1, -0.05) is 12.1 Å². The molecule has 3 nitrogen and oxygen atoms in total. The molecule has 0 aliphatic carbocycles. The molecule has 0 radical (unpaired) electrons. The average molecular weight is 259 g/mol. The van der Waals surface area contributed by atoms with Gasteiger partial charge in [-0.25, -0.2) is 0 Å². The molecule has 1 fully saturated rings. The molecule has 2 aliphatic heterocycles. The number of fused-ring (bicyclic) bond motifs is 1. The van der Waals surface area contributed by atoms with Crippen LogP contribution in [0.4, 0.5) is 5.69 Å². The molecule has 3 heteroatoms. The van der Waals surface area contributed by atoms with Gasteiger partial charge in [-0.05, 0) is 50.0 Å². The van der Waals surface area contributed by atoms with Crippen LogP contribution in [0.5, 0.6) is 0 Å². The smallest absolute Gasteiger partial charge is 0.0397 e. The van der Waals surface area contributed by atoms with E-state index in [1.807, 2.05) is 0 Å². The third-order valence-corrected chi connectivity index (χ3v) is 4.59. The third kappa shape index (κ3) is 2.77. The van der Waals surface area contributed by atoms with Crippen LogP contribution in [0, 0.1) is 0 Å². The highest BCUT2D eigenvalue weighted by Gasteiger charge is 2.20. The van der Waals surface area contributed by atoms with E-state index in [0.717, 1.165) is 6.54 Å². The van der Waals surface area contributed by atoms with Crippen LogP contribution in [0.1, 0.15) is 24.0 Å². The highest BCUT2D eigenvalue weighted by molar-refractivity contribution is 5.58. The van der Waals surface area contributed by atoms with E-state index in [4.69, 9.17) is 0 Å². The van der Waals surface area contributed by atoms with Crippen LogP contribution in [-0.4, -0.2) is 44.7 Å². The van der Waals surface area contributed by atoms with Crippen molar-refractivity contribution in [3.8, 4) is 0 Å². The fraction of sp³-hybridized carbons (Fsp3) is 0.625. The molecule has 0 aromatic heterocycles.